The standard InChI is InChI=1S/2C3H7NO2.2ClH.2H3N.Pt/c2*1-2-4-3(5)6;;;;;/h2*4H,2H2,1H3,(H,5,6);2*1H;2*1H3;/q;;;;;;+4/p-4. The van der Waals surface area contributed by atoms with E-state index in [4.69, 9.17) is 18.8 Å². The summed E-state index contributed by atoms with van der Waals surface area (Å²) in [4.78, 5) is 18.8. The van der Waals surface area contributed by atoms with Crippen molar-refractivity contribution >= 4 is 31.0 Å². The summed E-state index contributed by atoms with van der Waals surface area (Å²) in [5, 5.41) is 22.8. The molecule has 0 spiro atoms. The van der Waals surface area contributed by atoms with Crippen molar-refractivity contribution in [3.63, 3.8) is 0 Å². The fourth-order valence-corrected chi connectivity index (χ4v) is 0.289. The van der Waals surface area contributed by atoms with E-state index in [0.29, 0.717) is 13.1 Å². The Morgan fingerprint density at radius 2 is 1.18 bits per heavy atom. The van der Waals surface area contributed by atoms with Crippen LogP contribution < -0.4 is 33.1 Å². The number of carboxylic acid groups (broad SMARTS) is 2. The summed E-state index contributed by atoms with van der Waals surface area (Å²) in [5.74, 6) is 0. The van der Waals surface area contributed by atoms with Gasteiger partial charge in [0.25, 0.3) is 0 Å². The van der Waals surface area contributed by atoms with Gasteiger partial charge >= 0.3 is 35.3 Å². The van der Waals surface area contributed by atoms with Crippen molar-refractivity contribution in [3.05, 3.63) is 0 Å². The van der Waals surface area contributed by atoms with Crippen LogP contribution >= 0.6 is 18.8 Å². The van der Waals surface area contributed by atoms with Gasteiger partial charge in [0.05, 0.1) is 0 Å². The van der Waals surface area contributed by atoms with Gasteiger partial charge in [-0.05, 0) is 13.8 Å². The Kier molecular flexibility index (Phi) is 52.5. The van der Waals surface area contributed by atoms with Crippen LogP contribution in [0.4, 0.5) is 9.59 Å². The Labute approximate surface area is 117 Å². The van der Waals surface area contributed by atoms with Crippen LogP contribution in [-0.2, 0) is 16.5 Å². The van der Waals surface area contributed by atoms with E-state index in [2.05, 4.69) is 0 Å². The Morgan fingerprint density at radius 3 is 1.18 bits per heavy atom. The molecule has 0 heterocycles. The Morgan fingerprint density at radius 1 is 1.00 bits per heavy atom. The van der Waals surface area contributed by atoms with E-state index >= 15 is 0 Å². The third-order valence-electron chi connectivity index (χ3n) is 0.642. The zero-order valence-electron chi connectivity index (χ0n) is 9.53. The van der Waals surface area contributed by atoms with Gasteiger partial charge in [-0.15, -0.1) is 0 Å². The number of rotatable bonds is 2. The summed E-state index contributed by atoms with van der Waals surface area (Å²) in [6, 6.07) is 0. The van der Waals surface area contributed by atoms with Crippen LogP contribution in [0.15, 0.2) is 0 Å². The van der Waals surface area contributed by atoms with Gasteiger partial charge in [0, 0.05) is 13.1 Å². The maximum absolute atomic E-state index is 9.38. The molecule has 0 radical (unpaired) electrons. The third-order valence-corrected chi connectivity index (χ3v) is 0.642. The summed E-state index contributed by atoms with van der Waals surface area (Å²) in [5.41, 5.74) is 0. The summed E-state index contributed by atoms with van der Waals surface area (Å²) >= 11 is -0.472. The molecule has 0 aromatic carbocycles. The number of amides is 2. The fraction of sp³-hybridized carbons (Fsp3) is 0.667. The van der Waals surface area contributed by atoms with E-state index in [9.17, 15) is 19.8 Å². The van der Waals surface area contributed by atoms with Crippen molar-refractivity contribution in [2.45, 2.75) is 13.8 Å². The first-order valence-corrected chi connectivity index (χ1v) is 9.31. The topological polar surface area (TPSA) is 174 Å². The Balaban J connectivity index is -0.0000000421. The molecular formula is C6H18Cl2N4O4Pt. The van der Waals surface area contributed by atoms with Crippen LogP contribution in [0.5, 0.6) is 0 Å². The van der Waals surface area contributed by atoms with Crippen LogP contribution in [0.25, 0.3) is 0 Å². The zero-order chi connectivity index (χ0) is 12.7. The molecule has 17 heavy (non-hydrogen) atoms. The summed E-state index contributed by atoms with van der Waals surface area (Å²) in [6.45, 7) is 4.22. The predicted molar refractivity (Wildman–Crippen MR) is 59.9 cm³/mol. The predicted octanol–water partition coefficient (Wildman–Crippen LogP) is -0.421. The second kappa shape index (κ2) is 29.6. The second-order valence-corrected chi connectivity index (χ2v) is 4.96. The monoisotopic (exact) mass is 475 g/mol. The number of nitrogens with one attached hydrogen (secondary N) is 2. The third kappa shape index (κ3) is 90.3. The first-order chi connectivity index (χ1) is 6.95. The number of carbonyl (C=O) groups excluding carboxylic acids is 2. The molecule has 0 saturated heterocycles. The van der Waals surface area contributed by atoms with E-state index < -0.39 is 28.7 Å². The molecule has 110 valence electrons. The Hall–Kier alpha value is -0.272. The van der Waals surface area contributed by atoms with E-state index in [1.165, 1.54) is 0 Å². The zero-order valence-corrected chi connectivity index (χ0v) is 13.3. The van der Waals surface area contributed by atoms with Crippen molar-refractivity contribution in [1.29, 1.82) is 0 Å². The minimum absolute atomic E-state index is 0. The van der Waals surface area contributed by atoms with Gasteiger partial charge in [-0.3, -0.25) is 0 Å². The molecular weight excluding hydrogens is 458 g/mol. The van der Waals surface area contributed by atoms with Crippen LogP contribution in [-0.4, -0.2) is 25.3 Å². The van der Waals surface area contributed by atoms with Crippen molar-refractivity contribution in [2.24, 2.45) is 0 Å². The van der Waals surface area contributed by atoms with E-state index in [1.807, 2.05) is 10.6 Å². The Bertz CT molecular complexity index is 151. The molecule has 8 nitrogen and oxygen atoms in total. The SMILES string of the molecule is CCNC(=O)[O-].CCNC(=O)[O-].N.N.[Cl][Pt+2][Cl]. The second-order valence-electron chi connectivity index (χ2n) is 1.68. The van der Waals surface area contributed by atoms with E-state index in [1.54, 1.807) is 13.8 Å². The van der Waals surface area contributed by atoms with E-state index in [-0.39, 0.29) is 12.3 Å². The molecule has 0 bridgehead atoms. The molecule has 0 aromatic heterocycles. The molecule has 0 atom stereocenters. The van der Waals surface area contributed by atoms with Crippen molar-refractivity contribution in [3.8, 4) is 0 Å². The van der Waals surface area contributed by atoms with Gasteiger partial charge in [-0.1, -0.05) is 0 Å². The van der Waals surface area contributed by atoms with Gasteiger partial charge in [0.15, 0.2) is 0 Å². The van der Waals surface area contributed by atoms with Gasteiger partial charge in [0.2, 0.25) is 0 Å². The van der Waals surface area contributed by atoms with Crippen molar-refractivity contribution in [1.82, 2.24) is 22.9 Å². The van der Waals surface area contributed by atoms with Gasteiger partial charge in [-0.2, -0.15) is 0 Å². The van der Waals surface area contributed by atoms with Crippen LogP contribution in [0.3, 0.4) is 0 Å². The first kappa shape index (κ1) is 30.1. The van der Waals surface area contributed by atoms with Crippen molar-refractivity contribution < 1.29 is 36.3 Å². The molecule has 0 saturated carbocycles. The van der Waals surface area contributed by atoms with Gasteiger partial charge < -0.3 is 42.7 Å². The van der Waals surface area contributed by atoms with Crippen LogP contribution in [0, 0.1) is 0 Å². The number of carbonyl (C=O) groups is 2. The summed E-state index contributed by atoms with van der Waals surface area (Å²) < 4.78 is 0. The maximum atomic E-state index is 9.38. The molecule has 8 N–H and O–H groups in total. The first-order valence-electron chi connectivity index (χ1n) is 3.68. The molecule has 0 aliphatic rings. The molecule has 0 unspecified atom stereocenters. The average Bonchev–Trinajstić information content (AvgIpc) is 2.05. The quantitative estimate of drug-likeness (QED) is 0.421. The number of hydrogen-bond acceptors (Lipinski definition) is 6. The molecule has 2 amide bonds. The summed E-state index contributed by atoms with van der Waals surface area (Å²) in [7, 11) is 9.75. The fourth-order valence-electron chi connectivity index (χ4n) is 0.289. The normalized spacial score (nSPS) is 6.59. The average molecular weight is 476 g/mol. The van der Waals surface area contributed by atoms with Gasteiger partial charge in [-0.25, -0.2) is 0 Å². The molecule has 0 aromatic rings. The molecule has 0 aliphatic carbocycles. The van der Waals surface area contributed by atoms with Crippen LogP contribution in [0.2, 0.25) is 0 Å². The molecule has 0 aliphatic heterocycles. The minimum atomic E-state index is -1.21. The van der Waals surface area contributed by atoms with Gasteiger partial charge in [0.1, 0.15) is 12.2 Å². The summed E-state index contributed by atoms with van der Waals surface area (Å²) in [6.07, 6.45) is -2.42. The molecule has 11 heteroatoms. The molecule has 0 rings (SSSR count). The van der Waals surface area contributed by atoms with Crippen LogP contribution in [0.1, 0.15) is 13.8 Å². The number of hydrogen-bond donors (Lipinski definition) is 4. The number of halogens is 2. The van der Waals surface area contributed by atoms with Crippen molar-refractivity contribution in [2.75, 3.05) is 13.1 Å². The molecule has 0 fully saturated rings. The van der Waals surface area contributed by atoms with E-state index in [0.717, 1.165) is 0 Å².